The number of rotatable bonds is 4. The maximum atomic E-state index is 12.0. The summed E-state index contributed by atoms with van der Waals surface area (Å²) in [6.07, 6.45) is 0.864. The number of hydrogen-bond acceptors (Lipinski definition) is 1. The Morgan fingerprint density at radius 1 is 1.47 bits per heavy atom. The number of halogens is 1. The third-order valence-corrected chi connectivity index (χ3v) is 4.00. The fourth-order valence-corrected chi connectivity index (χ4v) is 2.08. The first-order valence-corrected chi connectivity index (χ1v) is 6.48. The van der Waals surface area contributed by atoms with Crippen LogP contribution in [0.2, 0.25) is 0 Å². The van der Waals surface area contributed by atoms with E-state index in [2.05, 4.69) is 25.2 Å². The normalized spacial score (nSPS) is 18.2. The molecule has 0 heterocycles. The number of alkyl halides is 1. The maximum absolute atomic E-state index is 12.0. The molecule has 0 aliphatic heterocycles. The Hall–Kier alpha value is -1.02. The molecule has 0 radical (unpaired) electrons. The molecule has 3 heteroatoms. The molecule has 17 heavy (non-hydrogen) atoms. The van der Waals surface area contributed by atoms with E-state index in [4.69, 9.17) is 11.6 Å². The van der Waals surface area contributed by atoms with Gasteiger partial charge >= 0.3 is 0 Å². The van der Waals surface area contributed by atoms with Gasteiger partial charge in [0.25, 0.3) is 0 Å². The van der Waals surface area contributed by atoms with E-state index >= 15 is 0 Å². The van der Waals surface area contributed by atoms with Gasteiger partial charge in [-0.3, -0.25) is 4.79 Å². The van der Waals surface area contributed by atoms with Crippen LogP contribution in [0.3, 0.4) is 0 Å². The van der Waals surface area contributed by atoms with Crippen molar-refractivity contribution in [2.24, 2.45) is 5.41 Å². The smallest absolute Gasteiger partial charge is 0.227 e. The fraction of sp³-hybridized carbons (Fsp3) is 0.500. The summed E-state index contributed by atoms with van der Waals surface area (Å²) in [5.41, 5.74) is 2.43. The number of nitrogens with one attached hydrogen (secondary N) is 1. The summed E-state index contributed by atoms with van der Waals surface area (Å²) in [6, 6.07) is 8.13. The molecule has 1 atom stereocenters. The molecule has 0 aromatic heterocycles. The SMILES string of the molecule is CC(C)(CCl)CNC(=O)C1Cc2ccccc21. The van der Waals surface area contributed by atoms with E-state index in [1.165, 1.54) is 11.1 Å². The maximum Gasteiger partial charge on any atom is 0.227 e. The van der Waals surface area contributed by atoms with Crippen LogP contribution in [0.4, 0.5) is 0 Å². The topological polar surface area (TPSA) is 29.1 Å². The van der Waals surface area contributed by atoms with E-state index < -0.39 is 0 Å². The van der Waals surface area contributed by atoms with Gasteiger partial charge in [-0.15, -0.1) is 11.6 Å². The number of hydrogen-bond donors (Lipinski definition) is 1. The molecule has 1 N–H and O–H groups in total. The molecule has 0 saturated carbocycles. The largest absolute Gasteiger partial charge is 0.355 e. The van der Waals surface area contributed by atoms with Gasteiger partial charge in [0, 0.05) is 12.4 Å². The molecule has 1 unspecified atom stereocenters. The number of carbonyl (C=O) groups excluding carboxylic acids is 1. The lowest BCUT2D eigenvalue weighted by molar-refractivity contribution is -0.123. The summed E-state index contributed by atoms with van der Waals surface area (Å²) in [7, 11) is 0. The van der Waals surface area contributed by atoms with Crippen LogP contribution in [0.5, 0.6) is 0 Å². The predicted molar refractivity (Wildman–Crippen MR) is 70.4 cm³/mol. The lowest BCUT2D eigenvalue weighted by atomic mass is 9.77. The van der Waals surface area contributed by atoms with Crippen LogP contribution < -0.4 is 5.32 Å². The first kappa shape index (κ1) is 12.4. The molecule has 1 aromatic rings. The lowest BCUT2D eigenvalue weighted by Gasteiger charge is -2.30. The van der Waals surface area contributed by atoms with Crippen LogP contribution >= 0.6 is 11.6 Å². The van der Waals surface area contributed by atoms with Crippen LogP contribution in [0.25, 0.3) is 0 Å². The van der Waals surface area contributed by atoms with E-state index in [0.717, 1.165) is 6.42 Å². The second-order valence-corrected chi connectivity index (χ2v) is 5.74. The summed E-state index contributed by atoms with van der Waals surface area (Å²) in [4.78, 5) is 12.0. The first-order valence-electron chi connectivity index (χ1n) is 5.95. The molecule has 1 aromatic carbocycles. The van der Waals surface area contributed by atoms with Gasteiger partial charge in [-0.25, -0.2) is 0 Å². The van der Waals surface area contributed by atoms with Gasteiger partial charge in [0.05, 0.1) is 5.92 Å². The van der Waals surface area contributed by atoms with Gasteiger partial charge in [0.1, 0.15) is 0 Å². The summed E-state index contributed by atoms with van der Waals surface area (Å²) < 4.78 is 0. The molecule has 2 rings (SSSR count). The zero-order valence-electron chi connectivity index (χ0n) is 10.3. The van der Waals surface area contributed by atoms with Crippen molar-refractivity contribution in [3.63, 3.8) is 0 Å². The van der Waals surface area contributed by atoms with Gasteiger partial charge in [0.2, 0.25) is 5.91 Å². The van der Waals surface area contributed by atoms with Crippen molar-refractivity contribution in [3.05, 3.63) is 35.4 Å². The molecule has 0 spiro atoms. The van der Waals surface area contributed by atoms with Crippen LogP contribution in [-0.2, 0) is 11.2 Å². The van der Waals surface area contributed by atoms with Crippen LogP contribution in [0.15, 0.2) is 24.3 Å². The predicted octanol–water partition coefficient (Wildman–Crippen LogP) is 2.71. The summed E-state index contributed by atoms with van der Waals surface area (Å²) in [5.74, 6) is 0.716. The number of fused-ring (bicyclic) bond motifs is 1. The van der Waals surface area contributed by atoms with E-state index in [-0.39, 0.29) is 17.2 Å². The minimum absolute atomic E-state index is 0.0392. The van der Waals surface area contributed by atoms with Crippen molar-refractivity contribution in [1.29, 1.82) is 0 Å². The number of benzene rings is 1. The Labute approximate surface area is 107 Å². The third kappa shape index (κ3) is 2.63. The van der Waals surface area contributed by atoms with Crippen molar-refractivity contribution in [1.82, 2.24) is 5.32 Å². The molecule has 0 bridgehead atoms. The Bertz CT molecular complexity index is 428. The second-order valence-electron chi connectivity index (χ2n) is 5.47. The van der Waals surface area contributed by atoms with E-state index in [1.54, 1.807) is 0 Å². The zero-order valence-corrected chi connectivity index (χ0v) is 11.1. The summed E-state index contributed by atoms with van der Waals surface area (Å²) in [6.45, 7) is 4.73. The summed E-state index contributed by atoms with van der Waals surface area (Å²) >= 11 is 5.83. The monoisotopic (exact) mass is 251 g/mol. The second kappa shape index (κ2) is 4.69. The van der Waals surface area contributed by atoms with Crippen molar-refractivity contribution in [2.75, 3.05) is 12.4 Å². The van der Waals surface area contributed by atoms with Crippen molar-refractivity contribution in [3.8, 4) is 0 Å². The van der Waals surface area contributed by atoms with Crippen molar-refractivity contribution >= 4 is 17.5 Å². The molecule has 92 valence electrons. The Morgan fingerprint density at radius 2 is 2.18 bits per heavy atom. The third-order valence-electron chi connectivity index (χ3n) is 3.27. The first-order chi connectivity index (χ1) is 8.03. The zero-order chi connectivity index (χ0) is 12.5. The average molecular weight is 252 g/mol. The molecular formula is C14H18ClNO. The van der Waals surface area contributed by atoms with Crippen molar-refractivity contribution < 1.29 is 4.79 Å². The molecule has 2 nitrogen and oxygen atoms in total. The quantitative estimate of drug-likeness (QED) is 0.820. The highest BCUT2D eigenvalue weighted by molar-refractivity contribution is 6.18. The Kier molecular flexibility index (Phi) is 3.43. The standard InChI is InChI=1S/C14H18ClNO/c1-14(2,8-15)9-16-13(17)12-7-10-5-3-4-6-11(10)12/h3-6,12H,7-9H2,1-2H3,(H,16,17). The van der Waals surface area contributed by atoms with Gasteiger partial charge in [-0.2, -0.15) is 0 Å². The van der Waals surface area contributed by atoms with Crippen LogP contribution in [0.1, 0.15) is 30.9 Å². The molecule has 0 saturated heterocycles. The highest BCUT2D eigenvalue weighted by Crippen LogP contribution is 2.34. The molecule has 1 aliphatic rings. The Balaban J connectivity index is 1.92. The van der Waals surface area contributed by atoms with Gasteiger partial charge in [-0.05, 0) is 23.0 Å². The summed E-state index contributed by atoms with van der Waals surface area (Å²) in [5, 5.41) is 2.99. The highest BCUT2D eigenvalue weighted by atomic mass is 35.5. The minimum atomic E-state index is -0.0412. The van der Waals surface area contributed by atoms with Gasteiger partial charge < -0.3 is 5.32 Å². The van der Waals surface area contributed by atoms with Crippen molar-refractivity contribution in [2.45, 2.75) is 26.2 Å². The Morgan fingerprint density at radius 3 is 2.82 bits per heavy atom. The fourth-order valence-electron chi connectivity index (χ4n) is 1.99. The average Bonchev–Trinajstić information content (AvgIpc) is 2.28. The van der Waals surface area contributed by atoms with Gasteiger partial charge in [-0.1, -0.05) is 38.1 Å². The minimum Gasteiger partial charge on any atom is -0.355 e. The molecule has 1 amide bonds. The number of amides is 1. The van der Waals surface area contributed by atoms with Crippen LogP contribution in [-0.4, -0.2) is 18.3 Å². The lowest BCUT2D eigenvalue weighted by Crippen LogP contribution is -2.40. The highest BCUT2D eigenvalue weighted by Gasteiger charge is 2.32. The number of carbonyl (C=O) groups is 1. The molecule has 1 aliphatic carbocycles. The van der Waals surface area contributed by atoms with E-state index in [9.17, 15) is 4.79 Å². The molecular weight excluding hydrogens is 234 g/mol. The molecule has 0 fully saturated rings. The van der Waals surface area contributed by atoms with E-state index in [1.807, 2.05) is 18.2 Å². The van der Waals surface area contributed by atoms with Crippen LogP contribution in [0, 0.1) is 5.41 Å². The van der Waals surface area contributed by atoms with E-state index in [0.29, 0.717) is 12.4 Å². The van der Waals surface area contributed by atoms with Gasteiger partial charge in [0.15, 0.2) is 0 Å².